The summed E-state index contributed by atoms with van der Waals surface area (Å²) in [7, 11) is 1.40. The zero-order valence-electron chi connectivity index (χ0n) is 8.85. The number of benzene rings is 1. The Hall–Kier alpha value is -1.52. The predicted octanol–water partition coefficient (Wildman–Crippen LogP) is 1.84. The molecule has 0 N–H and O–H groups in total. The Bertz CT molecular complexity index is 689. The van der Waals surface area contributed by atoms with Crippen LogP contribution in [-0.4, -0.2) is 9.13 Å². The molecule has 1 aromatic carbocycles. The van der Waals surface area contributed by atoms with Crippen molar-refractivity contribution in [1.82, 2.24) is 9.13 Å². The average molecular weight is 271 g/mol. The highest BCUT2D eigenvalue weighted by molar-refractivity contribution is 6.34. The van der Waals surface area contributed by atoms with Gasteiger partial charge in [0.2, 0.25) is 0 Å². The van der Waals surface area contributed by atoms with Crippen LogP contribution in [-0.2, 0) is 7.05 Å². The molecule has 0 bridgehead atoms. The minimum absolute atomic E-state index is 0.371. The van der Waals surface area contributed by atoms with E-state index in [1.165, 1.54) is 23.9 Å². The van der Waals surface area contributed by atoms with Crippen LogP contribution >= 0.6 is 23.2 Å². The van der Waals surface area contributed by atoms with E-state index in [1.807, 2.05) is 0 Å². The average Bonchev–Trinajstić information content (AvgIpc) is 2.30. The first-order valence-corrected chi connectivity index (χ1v) is 5.50. The van der Waals surface area contributed by atoms with E-state index >= 15 is 0 Å². The second kappa shape index (κ2) is 4.39. The largest absolute Gasteiger partial charge is 0.335 e. The Kier molecular flexibility index (Phi) is 3.09. The lowest BCUT2D eigenvalue weighted by molar-refractivity contribution is 0.728. The molecule has 0 aliphatic rings. The summed E-state index contributed by atoms with van der Waals surface area (Å²) in [6.45, 7) is 0. The molecule has 88 valence electrons. The van der Waals surface area contributed by atoms with Crippen LogP contribution in [0.15, 0.2) is 40.1 Å². The predicted molar refractivity (Wildman–Crippen MR) is 67.3 cm³/mol. The van der Waals surface area contributed by atoms with Crippen LogP contribution in [0.5, 0.6) is 0 Å². The van der Waals surface area contributed by atoms with E-state index in [1.54, 1.807) is 18.2 Å². The van der Waals surface area contributed by atoms with Crippen molar-refractivity contribution < 1.29 is 0 Å². The van der Waals surface area contributed by atoms with Crippen molar-refractivity contribution in [1.29, 1.82) is 0 Å². The highest BCUT2D eigenvalue weighted by Crippen LogP contribution is 2.22. The molecule has 6 heteroatoms. The van der Waals surface area contributed by atoms with Gasteiger partial charge in [-0.3, -0.25) is 13.9 Å². The summed E-state index contributed by atoms with van der Waals surface area (Å²) in [4.78, 5) is 23.1. The van der Waals surface area contributed by atoms with E-state index in [9.17, 15) is 9.59 Å². The van der Waals surface area contributed by atoms with Crippen molar-refractivity contribution in [3.05, 3.63) is 61.3 Å². The molecule has 0 atom stereocenters. The van der Waals surface area contributed by atoms with Gasteiger partial charge in [-0.15, -0.1) is 0 Å². The van der Waals surface area contributed by atoms with Gasteiger partial charge in [0, 0.05) is 24.3 Å². The van der Waals surface area contributed by atoms with Gasteiger partial charge in [0.15, 0.2) is 0 Å². The maximum atomic E-state index is 11.9. The molecule has 2 rings (SSSR count). The molecule has 0 unspecified atom stereocenters. The molecule has 0 aliphatic heterocycles. The Balaban J connectivity index is 2.78. The smallest absolute Gasteiger partial charge is 0.269 e. The first kappa shape index (κ1) is 12.0. The van der Waals surface area contributed by atoms with E-state index in [-0.39, 0.29) is 5.56 Å². The SMILES string of the molecule is Cn1c(=O)ccn(-c2cc(Cl)ccc2Cl)c1=O. The van der Waals surface area contributed by atoms with Gasteiger partial charge < -0.3 is 0 Å². The lowest BCUT2D eigenvalue weighted by atomic mass is 10.3. The molecule has 4 nitrogen and oxygen atoms in total. The van der Waals surface area contributed by atoms with Gasteiger partial charge in [-0.05, 0) is 18.2 Å². The van der Waals surface area contributed by atoms with Crippen LogP contribution in [0.3, 0.4) is 0 Å². The topological polar surface area (TPSA) is 44.0 Å². The highest BCUT2D eigenvalue weighted by Gasteiger charge is 2.07. The van der Waals surface area contributed by atoms with Crippen molar-refractivity contribution in [3.63, 3.8) is 0 Å². The third-order valence-electron chi connectivity index (χ3n) is 2.36. The third-order valence-corrected chi connectivity index (χ3v) is 2.91. The van der Waals surface area contributed by atoms with Crippen LogP contribution in [0.2, 0.25) is 10.0 Å². The molecule has 0 amide bonds. The van der Waals surface area contributed by atoms with Gasteiger partial charge in [-0.25, -0.2) is 4.79 Å². The fourth-order valence-electron chi connectivity index (χ4n) is 1.42. The third kappa shape index (κ3) is 2.14. The van der Waals surface area contributed by atoms with E-state index in [0.717, 1.165) is 4.57 Å². The summed E-state index contributed by atoms with van der Waals surface area (Å²) in [5.41, 5.74) is -0.397. The van der Waals surface area contributed by atoms with Gasteiger partial charge in [-0.1, -0.05) is 23.2 Å². The van der Waals surface area contributed by atoms with Gasteiger partial charge in [0.05, 0.1) is 10.7 Å². The van der Waals surface area contributed by atoms with E-state index < -0.39 is 5.69 Å². The molecule has 0 aliphatic carbocycles. The van der Waals surface area contributed by atoms with Crippen molar-refractivity contribution >= 4 is 23.2 Å². The molecular formula is C11H8Cl2N2O2. The van der Waals surface area contributed by atoms with Gasteiger partial charge in [0.25, 0.3) is 5.56 Å². The Labute approximate surface area is 107 Å². The van der Waals surface area contributed by atoms with Crippen LogP contribution < -0.4 is 11.2 Å². The zero-order chi connectivity index (χ0) is 12.6. The summed E-state index contributed by atoms with van der Waals surface area (Å²) in [5, 5.41) is 0.848. The van der Waals surface area contributed by atoms with E-state index in [0.29, 0.717) is 15.7 Å². The summed E-state index contributed by atoms with van der Waals surface area (Å²) < 4.78 is 2.27. The van der Waals surface area contributed by atoms with Crippen molar-refractivity contribution in [3.8, 4) is 5.69 Å². The maximum absolute atomic E-state index is 11.9. The number of rotatable bonds is 1. The molecular weight excluding hydrogens is 263 g/mol. The minimum Gasteiger partial charge on any atom is -0.269 e. The summed E-state index contributed by atoms with van der Waals surface area (Å²) in [6.07, 6.45) is 1.38. The molecule has 0 radical (unpaired) electrons. The van der Waals surface area contributed by atoms with Gasteiger partial charge in [0.1, 0.15) is 0 Å². The number of aromatic nitrogens is 2. The van der Waals surface area contributed by atoms with Crippen molar-refractivity contribution in [2.24, 2.45) is 7.05 Å². The van der Waals surface area contributed by atoms with Crippen molar-refractivity contribution in [2.45, 2.75) is 0 Å². The minimum atomic E-state index is -0.471. The highest BCUT2D eigenvalue weighted by atomic mass is 35.5. The Morgan fingerprint density at radius 2 is 1.82 bits per heavy atom. The monoisotopic (exact) mass is 270 g/mol. The fraction of sp³-hybridized carbons (Fsp3) is 0.0909. The van der Waals surface area contributed by atoms with Crippen LogP contribution in [0.4, 0.5) is 0 Å². The maximum Gasteiger partial charge on any atom is 0.335 e. The summed E-state index contributed by atoms with van der Waals surface area (Å²) in [5.74, 6) is 0. The number of hydrogen-bond donors (Lipinski definition) is 0. The molecule has 1 aromatic heterocycles. The quantitative estimate of drug-likeness (QED) is 0.794. The molecule has 0 saturated heterocycles. The fourth-order valence-corrected chi connectivity index (χ4v) is 1.80. The molecule has 0 spiro atoms. The lowest BCUT2D eigenvalue weighted by Crippen LogP contribution is -2.36. The molecule has 1 heterocycles. The standard InChI is InChI=1S/C11H8Cl2N2O2/c1-14-10(16)4-5-15(11(14)17)9-6-7(12)2-3-8(9)13/h2-6H,1H3. The van der Waals surface area contributed by atoms with Crippen LogP contribution in [0.1, 0.15) is 0 Å². The van der Waals surface area contributed by atoms with Gasteiger partial charge in [-0.2, -0.15) is 0 Å². The van der Waals surface area contributed by atoms with Gasteiger partial charge >= 0.3 is 5.69 Å². The molecule has 2 aromatic rings. The van der Waals surface area contributed by atoms with E-state index in [2.05, 4.69) is 0 Å². The summed E-state index contributed by atoms with van der Waals surface area (Å²) in [6, 6.07) is 6.07. The summed E-state index contributed by atoms with van der Waals surface area (Å²) >= 11 is 11.8. The number of halogens is 2. The lowest BCUT2D eigenvalue weighted by Gasteiger charge is -2.09. The Morgan fingerprint density at radius 3 is 2.53 bits per heavy atom. The second-order valence-electron chi connectivity index (χ2n) is 3.46. The number of hydrogen-bond acceptors (Lipinski definition) is 2. The first-order valence-electron chi connectivity index (χ1n) is 4.75. The second-order valence-corrected chi connectivity index (χ2v) is 4.30. The number of nitrogens with zero attached hydrogens (tertiary/aromatic N) is 2. The Morgan fingerprint density at radius 1 is 1.12 bits per heavy atom. The molecule has 17 heavy (non-hydrogen) atoms. The van der Waals surface area contributed by atoms with Crippen molar-refractivity contribution in [2.75, 3.05) is 0 Å². The van der Waals surface area contributed by atoms with Crippen LogP contribution in [0, 0.1) is 0 Å². The normalized spacial score (nSPS) is 10.5. The first-order chi connectivity index (χ1) is 8.00. The van der Waals surface area contributed by atoms with E-state index in [4.69, 9.17) is 23.2 Å². The molecule has 0 fully saturated rings. The van der Waals surface area contributed by atoms with Crippen LogP contribution in [0.25, 0.3) is 5.69 Å². The zero-order valence-corrected chi connectivity index (χ0v) is 10.4. The molecule has 0 saturated carbocycles.